The van der Waals surface area contributed by atoms with E-state index < -0.39 is 45.6 Å². The molecule has 0 radical (unpaired) electrons. The molecule has 8 N–H and O–H groups in total. The minimum absolute atomic E-state index is 0.492. The van der Waals surface area contributed by atoms with E-state index in [1.54, 1.807) is 0 Å². The number of amidine groups is 4. The van der Waals surface area contributed by atoms with Gasteiger partial charge in [0.1, 0.15) is 0 Å². The van der Waals surface area contributed by atoms with Gasteiger partial charge in [-0.05, 0) is 0 Å². The van der Waals surface area contributed by atoms with Crippen LogP contribution in [0.4, 0.5) is 0 Å². The molecule has 0 bridgehead atoms. The van der Waals surface area contributed by atoms with Crippen molar-refractivity contribution in [3.63, 3.8) is 0 Å². The molecule has 0 aliphatic carbocycles. The molecule has 0 spiro atoms. The molecule has 0 saturated carbocycles. The Bertz CT molecular complexity index is 852. The molecule has 0 aromatic carbocycles. The maximum absolute atomic E-state index is 7.43. The fourth-order valence-corrected chi connectivity index (χ4v) is 26.1. The SMILES string of the molecule is CC(C)CP(CC(C)C)/N=[C](\N)[Ge](/[C](N)=N/P(CC(C)C)CC(C)C)(/[C](N)=N/P(CC(C)C)CC(C)C)/[C](N)=N/P(CC(C)C)CC(C)C. The summed E-state index contributed by atoms with van der Waals surface area (Å²) in [6, 6.07) is 0. The normalized spacial score (nSPS) is 14.9. The molecule has 0 aromatic heterocycles. The van der Waals surface area contributed by atoms with Crippen molar-refractivity contribution in [1.29, 1.82) is 0 Å². The van der Waals surface area contributed by atoms with E-state index in [1.165, 1.54) is 0 Å². The Kier molecular flexibility index (Phi) is 24.5. The maximum atomic E-state index is 7.43. The van der Waals surface area contributed by atoms with Gasteiger partial charge in [0.2, 0.25) is 0 Å². The van der Waals surface area contributed by atoms with Gasteiger partial charge in [-0.2, -0.15) is 0 Å². The van der Waals surface area contributed by atoms with E-state index in [9.17, 15) is 0 Å². The molecule has 8 nitrogen and oxygen atoms in total. The summed E-state index contributed by atoms with van der Waals surface area (Å²) in [5.74, 6) is 3.93. The standard InChI is InChI=1S/C36H80GeN8P4/c1-25(2)17-46(18-26(3)4)42-33(38)37(34(39)43-47(19-27(5)6)20-28(7)8,35(40)44-48(21-29(9)10)22-30(11)12)36(41)45-49(23-31(13)14)24-32(15)16/h25-32H,17-24H2,1-16H3,(H2,38,42)(H2,39,43)(H2,40,44)(H2,41,45). The monoisotopic (exact) mass is 822 g/mol. The van der Waals surface area contributed by atoms with Crippen LogP contribution >= 0.6 is 32.3 Å². The third-order valence-corrected chi connectivity index (χ3v) is 27.3. The number of hydrogen-bond donors (Lipinski definition) is 4. The summed E-state index contributed by atoms with van der Waals surface area (Å²) in [7, 11) is -3.07. The van der Waals surface area contributed by atoms with Crippen molar-refractivity contribution in [3.05, 3.63) is 0 Å². The fourth-order valence-electron chi connectivity index (χ4n) is 5.69. The van der Waals surface area contributed by atoms with E-state index in [2.05, 4.69) is 111 Å². The van der Waals surface area contributed by atoms with Gasteiger partial charge >= 0.3 is 314 Å². The number of rotatable bonds is 24. The van der Waals surface area contributed by atoms with Gasteiger partial charge in [-0.25, -0.2) is 0 Å². The van der Waals surface area contributed by atoms with Crippen molar-refractivity contribution in [2.75, 3.05) is 49.3 Å². The van der Waals surface area contributed by atoms with Crippen molar-refractivity contribution in [1.82, 2.24) is 0 Å². The molecule has 0 saturated heterocycles. The first-order chi connectivity index (χ1) is 22.5. The summed E-state index contributed by atoms with van der Waals surface area (Å²) >= 11 is -4.47. The second-order valence-electron chi connectivity index (χ2n) is 17.3. The predicted molar refractivity (Wildman–Crippen MR) is 238 cm³/mol. The quantitative estimate of drug-likeness (QED) is 0.0331. The average Bonchev–Trinajstić information content (AvgIpc) is 2.85. The van der Waals surface area contributed by atoms with Crippen LogP contribution in [0.15, 0.2) is 19.1 Å². The van der Waals surface area contributed by atoms with Crippen molar-refractivity contribution >= 4 is 64.2 Å². The van der Waals surface area contributed by atoms with E-state index in [-0.39, 0.29) is 0 Å². The molecule has 0 aromatic rings. The molecule has 49 heavy (non-hydrogen) atoms. The van der Waals surface area contributed by atoms with Crippen LogP contribution in [0.2, 0.25) is 0 Å². The molecule has 0 heterocycles. The topological polar surface area (TPSA) is 154 Å². The number of hydrogen-bond acceptors (Lipinski definition) is 4. The molecule has 13 heteroatoms. The van der Waals surface area contributed by atoms with Crippen molar-refractivity contribution in [2.45, 2.75) is 111 Å². The van der Waals surface area contributed by atoms with Gasteiger partial charge in [0.25, 0.3) is 0 Å². The fraction of sp³-hybridized carbons (Fsp3) is 0.889. The average molecular weight is 822 g/mol. The molecule has 0 unspecified atom stereocenters. The van der Waals surface area contributed by atoms with Crippen LogP contribution < -0.4 is 22.9 Å². The molecule has 0 aliphatic heterocycles. The molecule has 0 aliphatic rings. The number of nitrogens with zero attached hydrogens (tertiary/aromatic N) is 4. The molecular formula is C36H80GeN8P4. The Hall–Kier alpha value is 0.143. The zero-order chi connectivity index (χ0) is 38.2. The van der Waals surface area contributed by atoms with Gasteiger partial charge in [0, 0.05) is 0 Å². The molecule has 0 amide bonds. The molecular weight excluding hydrogens is 741 g/mol. The molecule has 0 rings (SSSR count). The Morgan fingerprint density at radius 3 is 0.551 bits per heavy atom. The van der Waals surface area contributed by atoms with Crippen LogP contribution in [0.25, 0.3) is 0 Å². The van der Waals surface area contributed by atoms with Gasteiger partial charge < -0.3 is 0 Å². The minimum atomic E-state index is -4.47. The summed E-state index contributed by atoms with van der Waals surface area (Å²) in [6.07, 6.45) is 7.94. The van der Waals surface area contributed by atoms with Crippen LogP contribution in [0.1, 0.15) is 111 Å². The van der Waals surface area contributed by atoms with Crippen molar-refractivity contribution < 1.29 is 0 Å². The number of nitrogens with two attached hydrogens (primary N) is 4. The Labute approximate surface area is 312 Å². The van der Waals surface area contributed by atoms with E-state index >= 15 is 0 Å². The Balaban J connectivity index is 8.37. The summed E-state index contributed by atoms with van der Waals surface area (Å²) < 4.78 is 23.9. The van der Waals surface area contributed by atoms with E-state index in [4.69, 9.17) is 42.0 Å². The van der Waals surface area contributed by atoms with E-state index in [0.717, 1.165) is 49.3 Å². The Morgan fingerprint density at radius 2 is 0.449 bits per heavy atom. The van der Waals surface area contributed by atoms with Crippen LogP contribution in [-0.2, 0) is 0 Å². The van der Waals surface area contributed by atoms with Gasteiger partial charge in [0.15, 0.2) is 0 Å². The predicted octanol–water partition coefficient (Wildman–Crippen LogP) is 9.86. The van der Waals surface area contributed by atoms with Gasteiger partial charge in [-0.15, -0.1) is 0 Å². The van der Waals surface area contributed by atoms with Crippen LogP contribution in [-0.4, -0.2) is 81.2 Å². The second kappa shape index (κ2) is 24.5. The summed E-state index contributed by atoms with van der Waals surface area (Å²) in [5, 5.41) is 0. The summed E-state index contributed by atoms with van der Waals surface area (Å²) in [4.78, 5) is 0. The second-order valence-corrected chi connectivity index (χ2v) is 32.5. The summed E-state index contributed by atoms with van der Waals surface area (Å²) in [5.41, 5.74) is 29.7. The third-order valence-electron chi connectivity index (χ3n) is 7.14. The first kappa shape index (κ1) is 49.1. The van der Waals surface area contributed by atoms with Crippen LogP contribution in [0.5, 0.6) is 0 Å². The van der Waals surface area contributed by atoms with Gasteiger partial charge in [-0.1, -0.05) is 0 Å². The zero-order valence-corrected chi connectivity index (χ0v) is 40.3. The first-order valence-corrected chi connectivity index (χ1v) is 29.7. The van der Waals surface area contributed by atoms with E-state index in [0.29, 0.717) is 66.0 Å². The summed E-state index contributed by atoms with van der Waals surface area (Å²) in [6.45, 7) is 36.2. The third kappa shape index (κ3) is 19.7. The van der Waals surface area contributed by atoms with Gasteiger partial charge in [0.05, 0.1) is 0 Å². The van der Waals surface area contributed by atoms with Crippen LogP contribution in [0.3, 0.4) is 0 Å². The van der Waals surface area contributed by atoms with Crippen molar-refractivity contribution in [3.8, 4) is 0 Å². The Morgan fingerprint density at radius 1 is 0.327 bits per heavy atom. The van der Waals surface area contributed by atoms with Crippen LogP contribution in [0, 0.1) is 47.3 Å². The molecule has 0 fully saturated rings. The molecule has 0 atom stereocenters. The van der Waals surface area contributed by atoms with E-state index in [1.807, 2.05) is 0 Å². The molecule has 288 valence electrons. The van der Waals surface area contributed by atoms with Crippen molar-refractivity contribution in [2.24, 2.45) is 89.3 Å². The first-order valence-electron chi connectivity index (χ1n) is 18.9. The zero-order valence-electron chi connectivity index (χ0n) is 34.7. The van der Waals surface area contributed by atoms with Gasteiger partial charge in [-0.3, -0.25) is 0 Å².